The summed E-state index contributed by atoms with van der Waals surface area (Å²) in [5, 5.41) is 2.94. The zero-order valence-corrected chi connectivity index (χ0v) is 16.5. The molecule has 6 nitrogen and oxygen atoms in total. The Balaban J connectivity index is 1.57. The van der Waals surface area contributed by atoms with Crippen LogP contribution in [0.15, 0.2) is 42.5 Å². The van der Waals surface area contributed by atoms with Crippen LogP contribution in [0.2, 0.25) is 0 Å². The predicted molar refractivity (Wildman–Crippen MR) is 108 cm³/mol. The fourth-order valence-electron chi connectivity index (χ4n) is 3.46. The van der Waals surface area contributed by atoms with Gasteiger partial charge in [-0.25, -0.2) is 0 Å². The lowest BCUT2D eigenvalue weighted by molar-refractivity contribution is -0.131. The second-order valence-corrected chi connectivity index (χ2v) is 7.01. The van der Waals surface area contributed by atoms with Crippen LogP contribution in [-0.4, -0.2) is 38.0 Å². The van der Waals surface area contributed by atoms with Gasteiger partial charge >= 0.3 is 0 Å². The van der Waals surface area contributed by atoms with Gasteiger partial charge in [0.1, 0.15) is 11.5 Å². The third kappa shape index (κ3) is 4.44. The van der Waals surface area contributed by atoms with Crippen molar-refractivity contribution in [1.82, 2.24) is 4.90 Å². The molecule has 2 aromatic rings. The summed E-state index contributed by atoms with van der Waals surface area (Å²) in [6.07, 6.45) is 1.53. The van der Waals surface area contributed by atoms with Gasteiger partial charge in [0.25, 0.3) is 0 Å². The molecule has 148 valence electrons. The SMILES string of the molecule is COc1ccc(CN(C)C(=O)CCC2Cc3ccccc3NC2=O)c(OC)c1. The van der Waals surface area contributed by atoms with Crippen LogP contribution in [0.3, 0.4) is 0 Å². The minimum atomic E-state index is -0.178. The fourth-order valence-corrected chi connectivity index (χ4v) is 3.46. The summed E-state index contributed by atoms with van der Waals surface area (Å²) in [4.78, 5) is 26.6. The van der Waals surface area contributed by atoms with Crippen LogP contribution in [0.4, 0.5) is 5.69 Å². The van der Waals surface area contributed by atoms with Crippen molar-refractivity contribution in [2.75, 3.05) is 26.6 Å². The molecule has 0 saturated heterocycles. The third-order valence-corrected chi connectivity index (χ3v) is 5.15. The van der Waals surface area contributed by atoms with Gasteiger partial charge in [-0.3, -0.25) is 9.59 Å². The Bertz CT molecular complexity index is 865. The highest BCUT2D eigenvalue weighted by molar-refractivity contribution is 5.96. The van der Waals surface area contributed by atoms with Gasteiger partial charge in [0.2, 0.25) is 11.8 Å². The maximum Gasteiger partial charge on any atom is 0.227 e. The first kappa shape index (κ1) is 19.7. The highest BCUT2D eigenvalue weighted by Gasteiger charge is 2.26. The molecular formula is C22H26N2O4. The second kappa shape index (κ2) is 8.78. The van der Waals surface area contributed by atoms with Gasteiger partial charge in [-0.1, -0.05) is 18.2 Å². The third-order valence-electron chi connectivity index (χ3n) is 5.15. The number of benzene rings is 2. The summed E-state index contributed by atoms with van der Waals surface area (Å²) in [7, 11) is 4.96. The maximum atomic E-state index is 12.6. The van der Waals surface area contributed by atoms with E-state index in [4.69, 9.17) is 9.47 Å². The Labute approximate surface area is 165 Å². The summed E-state index contributed by atoms with van der Waals surface area (Å²) < 4.78 is 10.6. The number of hydrogen-bond acceptors (Lipinski definition) is 4. The number of carbonyl (C=O) groups excluding carboxylic acids is 2. The van der Waals surface area contributed by atoms with Crippen LogP contribution in [0.1, 0.15) is 24.0 Å². The molecular weight excluding hydrogens is 356 g/mol. The van der Waals surface area contributed by atoms with E-state index in [1.54, 1.807) is 32.2 Å². The number of amides is 2. The summed E-state index contributed by atoms with van der Waals surface area (Å²) in [5.74, 6) is 1.21. The smallest absolute Gasteiger partial charge is 0.227 e. The maximum absolute atomic E-state index is 12.6. The molecule has 0 saturated carbocycles. The van der Waals surface area contributed by atoms with Crippen LogP contribution in [0.5, 0.6) is 11.5 Å². The lowest BCUT2D eigenvalue weighted by atomic mass is 9.89. The van der Waals surface area contributed by atoms with Crippen molar-refractivity contribution in [1.29, 1.82) is 0 Å². The van der Waals surface area contributed by atoms with E-state index < -0.39 is 0 Å². The number of nitrogens with zero attached hydrogens (tertiary/aromatic N) is 1. The number of fused-ring (bicyclic) bond motifs is 1. The number of para-hydroxylation sites is 1. The van der Waals surface area contributed by atoms with Crippen LogP contribution in [-0.2, 0) is 22.6 Å². The zero-order chi connectivity index (χ0) is 20.1. The molecule has 3 rings (SSSR count). The lowest BCUT2D eigenvalue weighted by Crippen LogP contribution is -2.32. The fraction of sp³-hybridized carbons (Fsp3) is 0.364. The van der Waals surface area contributed by atoms with Crippen molar-refractivity contribution in [3.63, 3.8) is 0 Å². The summed E-state index contributed by atoms with van der Waals surface area (Å²) in [6.45, 7) is 0.436. The predicted octanol–water partition coefficient (Wildman–Crippen LogP) is 3.25. The molecule has 0 aromatic heterocycles. The summed E-state index contributed by atoms with van der Waals surface area (Å²) in [6, 6.07) is 13.3. The molecule has 1 unspecified atom stereocenters. The standard InChI is InChI=1S/C22H26N2O4/c1-24(14-17-8-10-18(27-2)13-20(17)28-3)21(25)11-9-16-12-15-6-4-5-7-19(15)23-22(16)26/h4-8,10,13,16H,9,11-12,14H2,1-3H3,(H,23,26). The minimum Gasteiger partial charge on any atom is -0.497 e. The Kier molecular flexibility index (Phi) is 6.19. The molecule has 1 aliphatic rings. The van der Waals surface area contributed by atoms with Crippen molar-refractivity contribution in [3.05, 3.63) is 53.6 Å². The van der Waals surface area contributed by atoms with E-state index in [-0.39, 0.29) is 17.7 Å². The number of rotatable bonds is 7. The number of ether oxygens (including phenoxy) is 2. The van der Waals surface area contributed by atoms with E-state index in [1.165, 1.54) is 0 Å². The van der Waals surface area contributed by atoms with Crippen molar-refractivity contribution in [2.45, 2.75) is 25.8 Å². The average Bonchev–Trinajstić information content (AvgIpc) is 2.72. The molecule has 0 radical (unpaired) electrons. The Morgan fingerprint density at radius 3 is 2.71 bits per heavy atom. The number of nitrogens with one attached hydrogen (secondary N) is 1. The first-order valence-corrected chi connectivity index (χ1v) is 9.35. The number of carbonyl (C=O) groups is 2. The average molecular weight is 382 g/mol. The van der Waals surface area contributed by atoms with Crippen LogP contribution < -0.4 is 14.8 Å². The molecule has 1 aliphatic heterocycles. The quantitative estimate of drug-likeness (QED) is 0.798. The highest BCUT2D eigenvalue weighted by atomic mass is 16.5. The first-order chi connectivity index (χ1) is 13.5. The highest BCUT2D eigenvalue weighted by Crippen LogP contribution is 2.28. The van der Waals surface area contributed by atoms with Gasteiger partial charge in [0, 0.05) is 43.2 Å². The van der Waals surface area contributed by atoms with Gasteiger partial charge in [-0.05, 0) is 36.6 Å². The topological polar surface area (TPSA) is 67.9 Å². The molecule has 0 spiro atoms. The van der Waals surface area contributed by atoms with E-state index in [9.17, 15) is 9.59 Å². The molecule has 1 heterocycles. The van der Waals surface area contributed by atoms with Crippen molar-refractivity contribution < 1.29 is 19.1 Å². The van der Waals surface area contributed by atoms with E-state index >= 15 is 0 Å². The number of methoxy groups -OCH3 is 2. The monoisotopic (exact) mass is 382 g/mol. The number of anilines is 1. The van der Waals surface area contributed by atoms with Crippen molar-refractivity contribution in [3.8, 4) is 11.5 Å². The molecule has 0 aliphatic carbocycles. The molecule has 1 N–H and O–H groups in total. The van der Waals surface area contributed by atoms with Crippen LogP contribution in [0.25, 0.3) is 0 Å². The Morgan fingerprint density at radius 2 is 1.96 bits per heavy atom. The Hall–Kier alpha value is -3.02. The van der Waals surface area contributed by atoms with Gasteiger partial charge < -0.3 is 19.7 Å². The largest absolute Gasteiger partial charge is 0.497 e. The van der Waals surface area contributed by atoms with E-state index in [0.29, 0.717) is 37.3 Å². The van der Waals surface area contributed by atoms with E-state index in [1.807, 2.05) is 36.4 Å². The van der Waals surface area contributed by atoms with E-state index in [2.05, 4.69) is 5.32 Å². The molecule has 0 bridgehead atoms. The van der Waals surface area contributed by atoms with Gasteiger partial charge in [-0.15, -0.1) is 0 Å². The van der Waals surface area contributed by atoms with Gasteiger partial charge in [0.05, 0.1) is 14.2 Å². The first-order valence-electron chi connectivity index (χ1n) is 9.35. The van der Waals surface area contributed by atoms with Crippen LogP contribution in [0, 0.1) is 5.92 Å². The number of hydrogen-bond donors (Lipinski definition) is 1. The molecule has 2 amide bonds. The zero-order valence-electron chi connectivity index (χ0n) is 16.5. The van der Waals surface area contributed by atoms with Crippen molar-refractivity contribution in [2.24, 2.45) is 5.92 Å². The molecule has 2 aromatic carbocycles. The van der Waals surface area contributed by atoms with Gasteiger partial charge in [0.15, 0.2) is 0 Å². The molecule has 28 heavy (non-hydrogen) atoms. The summed E-state index contributed by atoms with van der Waals surface area (Å²) >= 11 is 0. The molecule has 1 atom stereocenters. The lowest BCUT2D eigenvalue weighted by Gasteiger charge is -2.25. The van der Waals surface area contributed by atoms with Crippen LogP contribution >= 0.6 is 0 Å². The molecule has 6 heteroatoms. The summed E-state index contributed by atoms with van der Waals surface area (Å²) in [5.41, 5.74) is 2.90. The van der Waals surface area contributed by atoms with Gasteiger partial charge in [-0.2, -0.15) is 0 Å². The molecule has 0 fully saturated rings. The second-order valence-electron chi connectivity index (χ2n) is 7.01. The van der Waals surface area contributed by atoms with E-state index in [0.717, 1.165) is 16.8 Å². The normalized spacial score (nSPS) is 15.4. The van der Waals surface area contributed by atoms with Crippen molar-refractivity contribution >= 4 is 17.5 Å². The Morgan fingerprint density at radius 1 is 1.18 bits per heavy atom. The minimum absolute atomic E-state index is 0.00419.